The van der Waals surface area contributed by atoms with Gasteiger partial charge < -0.3 is 19.5 Å². The van der Waals surface area contributed by atoms with Crippen LogP contribution in [0.3, 0.4) is 0 Å². The van der Waals surface area contributed by atoms with E-state index in [-0.39, 0.29) is 23.9 Å². The predicted octanol–water partition coefficient (Wildman–Crippen LogP) is 4.04. The van der Waals surface area contributed by atoms with Crippen LogP contribution in [0, 0.1) is 17.3 Å². The number of rotatable bonds is 6. The molecule has 1 aromatic rings. The lowest BCUT2D eigenvalue weighted by atomic mass is 9.70. The van der Waals surface area contributed by atoms with Gasteiger partial charge in [-0.05, 0) is 49.1 Å². The highest BCUT2D eigenvalue weighted by Crippen LogP contribution is 2.40. The van der Waals surface area contributed by atoms with Crippen molar-refractivity contribution >= 4 is 17.6 Å². The van der Waals surface area contributed by atoms with Crippen LogP contribution >= 0.6 is 0 Å². The van der Waals surface area contributed by atoms with Crippen LogP contribution in [-0.4, -0.2) is 32.7 Å². The number of nitrogens with one attached hydrogen (secondary N) is 1. The summed E-state index contributed by atoms with van der Waals surface area (Å²) in [5.74, 6) is 0.941. The summed E-state index contributed by atoms with van der Waals surface area (Å²) in [7, 11) is 3.06. The van der Waals surface area contributed by atoms with Crippen molar-refractivity contribution in [3.63, 3.8) is 0 Å². The third kappa shape index (κ3) is 5.88. The molecule has 0 atom stereocenters. The van der Waals surface area contributed by atoms with Crippen LogP contribution in [0.15, 0.2) is 18.2 Å². The summed E-state index contributed by atoms with van der Waals surface area (Å²) in [5, 5.41) is 2.70. The Labute approximate surface area is 161 Å². The van der Waals surface area contributed by atoms with E-state index in [2.05, 4.69) is 26.1 Å². The molecule has 1 amide bonds. The predicted molar refractivity (Wildman–Crippen MR) is 104 cm³/mol. The van der Waals surface area contributed by atoms with Crippen LogP contribution in [0.2, 0.25) is 0 Å². The number of anilines is 1. The van der Waals surface area contributed by atoms with E-state index in [1.807, 2.05) is 0 Å². The molecule has 1 N–H and O–H groups in total. The molecule has 1 aromatic carbocycles. The highest BCUT2D eigenvalue weighted by Gasteiger charge is 2.33. The van der Waals surface area contributed by atoms with Crippen LogP contribution < -0.4 is 14.8 Å². The van der Waals surface area contributed by atoms with Gasteiger partial charge in [0.15, 0.2) is 6.61 Å². The van der Waals surface area contributed by atoms with E-state index < -0.39 is 5.91 Å². The molecular formula is C21H31NO5. The number of methoxy groups -OCH3 is 2. The number of carbonyl (C=O) groups is 2. The summed E-state index contributed by atoms with van der Waals surface area (Å²) in [6, 6.07) is 5.10. The van der Waals surface area contributed by atoms with Gasteiger partial charge in [-0.2, -0.15) is 0 Å². The minimum atomic E-state index is -0.404. The first-order valence-electron chi connectivity index (χ1n) is 9.43. The van der Waals surface area contributed by atoms with Crippen molar-refractivity contribution in [3.05, 3.63) is 18.2 Å². The van der Waals surface area contributed by atoms with Gasteiger partial charge >= 0.3 is 5.97 Å². The standard InChI is InChI=1S/C21H31NO5/c1-21(2,3)15-8-6-14(7-9-15)20(24)27-13-19(23)22-17-12-16(25-4)10-11-18(17)26-5/h10-12,14-15H,6-9,13H2,1-5H3,(H,22,23). The zero-order chi connectivity index (χ0) is 20.0. The average Bonchev–Trinajstić information content (AvgIpc) is 2.65. The molecule has 2 rings (SSSR count). The lowest BCUT2D eigenvalue weighted by Crippen LogP contribution is -2.31. The molecule has 0 saturated heterocycles. The summed E-state index contributed by atoms with van der Waals surface area (Å²) in [5.41, 5.74) is 0.744. The molecule has 0 unspecified atom stereocenters. The fourth-order valence-corrected chi connectivity index (χ4v) is 3.55. The van der Waals surface area contributed by atoms with E-state index in [4.69, 9.17) is 14.2 Å². The molecule has 1 aliphatic rings. The first-order valence-corrected chi connectivity index (χ1v) is 9.43. The molecule has 27 heavy (non-hydrogen) atoms. The van der Waals surface area contributed by atoms with Gasteiger partial charge in [0.2, 0.25) is 0 Å². The summed E-state index contributed by atoms with van der Waals surface area (Å²) in [6.45, 7) is 6.42. The van der Waals surface area contributed by atoms with Crippen molar-refractivity contribution in [2.75, 3.05) is 26.1 Å². The fourth-order valence-electron chi connectivity index (χ4n) is 3.55. The largest absolute Gasteiger partial charge is 0.497 e. The Morgan fingerprint density at radius 1 is 1.07 bits per heavy atom. The molecule has 0 heterocycles. The quantitative estimate of drug-likeness (QED) is 0.758. The van der Waals surface area contributed by atoms with Crippen molar-refractivity contribution in [2.24, 2.45) is 17.3 Å². The number of hydrogen-bond donors (Lipinski definition) is 1. The highest BCUT2D eigenvalue weighted by molar-refractivity contribution is 5.94. The Morgan fingerprint density at radius 3 is 2.30 bits per heavy atom. The van der Waals surface area contributed by atoms with Crippen LogP contribution in [-0.2, 0) is 14.3 Å². The smallest absolute Gasteiger partial charge is 0.309 e. The third-order valence-corrected chi connectivity index (χ3v) is 5.31. The van der Waals surface area contributed by atoms with Crippen LogP contribution in [0.5, 0.6) is 11.5 Å². The van der Waals surface area contributed by atoms with Gasteiger partial charge in [0.05, 0.1) is 25.8 Å². The van der Waals surface area contributed by atoms with E-state index >= 15 is 0 Å². The molecule has 0 spiro atoms. The van der Waals surface area contributed by atoms with Crippen molar-refractivity contribution in [3.8, 4) is 11.5 Å². The van der Waals surface area contributed by atoms with Crippen LogP contribution in [0.4, 0.5) is 5.69 Å². The van der Waals surface area contributed by atoms with Gasteiger partial charge in [0, 0.05) is 6.07 Å². The molecule has 0 bridgehead atoms. The maximum atomic E-state index is 12.3. The SMILES string of the molecule is COc1ccc(OC)c(NC(=O)COC(=O)C2CCC(C(C)(C)C)CC2)c1. The molecule has 6 nitrogen and oxygen atoms in total. The van der Waals surface area contributed by atoms with Crippen LogP contribution in [0.1, 0.15) is 46.5 Å². The first kappa shape index (κ1) is 21.1. The molecular weight excluding hydrogens is 346 g/mol. The zero-order valence-electron chi connectivity index (χ0n) is 17.0. The Balaban J connectivity index is 1.83. The molecule has 6 heteroatoms. The van der Waals surface area contributed by atoms with Gasteiger partial charge in [-0.3, -0.25) is 9.59 Å². The minimum Gasteiger partial charge on any atom is -0.497 e. The Morgan fingerprint density at radius 2 is 1.74 bits per heavy atom. The van der Waals surface area contributed by atoms with Gasteiger partial charge in [0.25, 0.3) is 5.91 Å². The second kappa shape index (κ2) is 9.11. The Kier molecular flexibility index (Phi) is 7.11. The van der Waals surface area contributed by atoms with Crippen molar-refractivity contribution in [1.82, 2.24) is 0 Å². The van der Waals surface area contributed by atoms with Gasteiger partial charge in [-0.1, -0.05) is 20.8 Å². The highest BCUT2D eigenvalue weighted by atomic mass is 16.5. The topological polar surface area (TPSA) is 73.9 Å². The van der Waals surface area contributed by atoms with Gasteiger partial charge in [0.1, 0.15) is 11.5 Å². The number of esters is 1. The molecule has 0 radical (unpaired) electrons. The molecule has 1 fully saturated rings. The molecule has 1 aliphatic carbocycles. The van der Waals surface area contributed by atoms with Gasteiger partial charge in [-0.25, -0.2) is 0 Å². The van der Waals surface area contributed by atoms with Crippen molar-refractivity contribution in [1.29, 1.82) is 0 Å². The Hall–Kier alpha value is -2.24. The second-order valence-corrected chi connectivity index (χ2v) is 8.14. The average molecular weight is 377 g/mol. The maximum Gasteiger partial charge on any atom is 0.309 e. The zero-order valence-corrected chi connectivity index (χ0v) is 17.0. The number of carbonyl (C=O) groups excluding carboxylic acids is 2. The lowest BCUT2D eigenvalue weighted by Gasteiger charge is -2.36. The summed E-state index contributed by atoms with van der Waals surface area (Å²) >= 11 is 0. The molecule has 150 valence electrons. The van der Waals surface area contributed by atoms with E-state index in [1.165, 1.54) is 7.11 Å². The summed E-state index contributed by atoms with van der Waals surface area (Å²) in [4.78, 5) is 24.5. The summed E-state index contributed by atoms with van der Waals surface area (Å²) in [6.07, 6.45) is 3.70. The third-order valence-electron chi connectivity index (χ3n) is 5.31. The van der Waals surface area contributed by atoms with E-state index in [0.717, 1.165) is 25.7 Å². The van der Waals surface area contributed by atoms with E-state index in [1.54, 1.807) is 25.3 Å². The second-order valence-electron chi connectivity index (χ2n) is 8.14. The Bertz CT molecular complexity index is 657. The van der Waals surface area contributed by atoms with E-state index in [9.17, 15) is 9.59 Å². The van der Waals surface area contributed by atoms with Gasteiger partial charge in [-0.15, -0.1) is 0 Å². The molecule has 0 aromatic heterocycles. The van der Waals surface area contributed by atoms with Crippen molar-refractivity contribution in [2.45, 2.75) is 46.5 Å². The van der Waals surface area contributed by atoms with Crippen LogP contribution in [0.25, 0.3) is 0 Å². The minimum absolute atomic E-state index is 0.109. The molecule has 0 aliphatic heterocycles. The number of hydrogen-bond acceptors (Lipinski definition) is 5. The number of benzene rings is 1. The lowest BCUT2D eigenvalue weighted by molar-refractivity contribution is -0.153. The molecule has 1 saturated carbocycles. The summed E-state index contributed by atoms with van der Waals surface area (Å²) < 4.78 is 15.6. The normalized spacial score (nSPS) is 19.9. The maximum absolute atomic E-state index is 12.3. The number of amides is 1. The number of ether oxygens (including phenoxy) is 3. The monoisotopic (exact) mass is 377 g/mol. The fraction of sp³-hybridized carbons (Fsp3) is 0.619. The van der Waals surface area contributed by atoms with E-state index in [0.29, 0.717) is 23.1 Å². The van der Waals surface area contributed by atoms with Crippen molar-refractivity contribution < 1.29 is 23.8 Å². The first-order chi connectivity index (χ1) is 12.7.